The summed E-state index contributed by atoms with van der Waals surface area (Å²) in [6, 6.07) is 18.9. The molecule has 4 aromatic rings. The zero-order valence-electron chi connectivity index (χ0n) is 16.9. The fraction of sp³-hybridized carbons (Fsp3) is 0.182. The van der Waals surface area contributed by atoms with Crippen LogP contribution >= 0.6 is 23.2 Å². The molecule has 0 unspecified atom stereocenters. The summed E-state index contributed by atoms with van der Waals surface area (Å²) < 4.78 is 0. The highest BCUT2D eigenvalue weighted by molar-refractivity contribution is 6.30. The number of aliphatic hydroxyl groups excluding tert-OH is 2. The van der Waals surface area contributed by atoms with Gasteiger partial charge in [-0.15, -0.1) is 0 Å². The number of fused-ring (bicyclic) bond motifs is 1. The number of halogens is 2. The third kappa shape index (κ3) is 4.58. The summed E-state index contributed by atoms with van der Waals surface area (Å²) in [7, 11) is 0. The molecule has 0 spiro atoms. The summed E-state index contributed by atoms with van der Waals surface area (Å²) in [6.07, 6.45) is 0. The highest BCUT2D eigenvalue weighted by atomic mass is 35.5. The molecule has 0 atom stereocenters. The van der Waals surface area contributed by atoms with E-state index in [2.05, 4.69) is 19.9 Å². The molecule has 0 saturated heterocycles. The van der Waals surface area contributed by atoms with Gasteiger partial charge in [0, 0.05) is 24.5 Å². The number of anilines is 4. The summed E-state index contributed by atoms with van der Waals surface area (Å²) in [4.78, 5) is 21.2. The normalized spacial score (nSPS) is 11.0. The second kappa shape index (κ2) is 10.1. The van der Waals surface area contributed by atoms with Crippen molar-refractivity contribution in [2.24, 2.45) is 0 Å². The second-order valence-electron chi connectivity index (χ2n) is 6.75. The molecule has 0 bridgehead atoms. The first kappa shape index (κ1) is 22.2. The Kier molecular flexibility index (Phi) is 6.96. The Bertz CT molecular complexity index is 1100. The molecule has 32 heavy (non-hydrogen) atoms. The highest BCUT2D eigenvalue weighted by Crippen LogP contribution is 2.36. The lowest BCUT2D eigenvalue weighted by atomic mass is 10.2. The van der Waals surface area contributed by atoms with E-state index in [1.54, 1.807) is 9.80 Å². The van der Waals surface area contributed by atoms with Gasteiger partial charge in [-0.2, -0.15) is 9.97 Å². The first-order valence-corrected chi connectivity index (χ1v) is 10.7. The molecule has 2 aromatic carbocycles. The molecule has 0 aliphatic heterocycles. The van der Waals surface area contributed by atoms with Crippen molar-refractivity contribution in [1.29, 1.82) is 0 Å². The van der Waals surface area contributed by atoms with Gasteiger partial charge in [-0.1, -0.05) is 36.4 Å². The average molecular weight is 471 g/mol. The van der Waals surface area contributed by atoms with Crippen LogP contribution in [0.2, 0.25) is 10.6 Å². The third-order valence-corrected chi connectivity index (χ3v) is 5.08. The molecule has 2 aromatic heterocycles. The van der Waals surface area contributed by atoms with E-state index in [-0.39, 0.29) is 36.9 Å². The van der Waals surface area contributed by atoms with Gasteiger partial charge >= 0.3 is 0 Å². The average Bonchev–Trinajstić information content (AvgIpc) is 2.82. The Labute approximate surface area is 194 Å². The number of aromatic nitrogens is 4. The van der Waals surface area contributed by atoms with Gasteiger partial charge in [0.2, 0.25) is 10.6 Å². The van der Waals surface area contributed by atoms with Crippen molar-refractivity contribution >= 4 is 57.2 Å². The molecule has 2 heterocycles. The number of aliphatic hydroxyl groups is 2. The molecule has 10 heteroatoms. The lowest BCUT2D eigenvalue weighted by molar-refractivity contribution is 0.305. The van der Waals surface area contributed by atoms with Crippen molar-refractivity contribution in [3.8, 4) is 0 Å². The lowest BCUT2D eigenvalue weighted by Gasteiger charge is -2.26. The van der Waals surface area contributed by atoms with Crippen molar-refractivity contribution in [2.45, 2.75) is 0 Å². The monoisotopic (exact) mass is 470 g/mol. The van der Waals surface area contributed by atoms with Gasteiger partial charge in [-0.3, -0.25) is 0 Å². The summed E-state index contributed by atoms with van der Waals surface area (Å²) in [6.45, 7) is 0.263. The minimum absolute atomic E-state index is 0.00412. The minimum atomic E-state index is -0.121. The number of benzene rings is 2. The van der Waals surface area contributed by atoms with Crippen molar-refractivity contribution < 1.29 is 10.2 Å². The Hall–Kier alpha value is -3.04. The van der Waals surface area contributed by atoms with Crippen LogP contribution in [0.3, 0.4) is 0 Å². The van der Waals surface area contributed by atoms with Crippen LogP contribution in [-0.4, -0.2) is 56.5 Å². The molecule has 0 fully saturated rings. The maximum Gasteiger partial charge on any atom is 0.225 e. The van der Waals surface area contributed by atoms with Crippen LogP contribution in [0.5, 0.6) is 0 Å². The number of hydrogen-bond donors (Lipinski definition) is 2. The number of rotatable bonds is 8. The van der Waals surface area contributed by atoms with Gasteiger partial charge in [0.1, 0.15) is 11.0 Å². The molecule has 0 saturated carbocycles. The van der Waals surface area contributed by atoms with Gasteiger partial charge in [0.15, 0.2) is 11.6 Å². The topological polar surface area (TPSA) is 98.5 Å². The predicted molar refractivity (Wildman–Crippen MR) is 126 cm³/mol. The highest BCUT2D eigenvalue weighted by Gasteiger charge is 2.23. The van der Waals surface area contributed by atoms with Crippen LogP contribution < -0.4 is 9.80 Å². The van der Waals surface area contributed by atoms with E-state index in [0.29, 0.717) is 22.7 Å². The maximum atomic E-state index is 9.70. The Morgan fingerprint density at radius 3 is 1.31 bits per heavy atom. The Morgan fingerprint density at radius 2 is 0.969 bits per heavy atom. The number of nitrogens with zero attached hydrogens (tertiary/aromatic N) is 6. The quantitative estimate of drug-likeness (QED) is 0.373. The smallest absolute Gasteiger partial charge is 0.225 e. The molecule has 4 rings (SSSR count). The van der Waals surface area contributed by atoms with E-state index in [9.17, 15) is 10.2 Å². The molecule has 0 aliphatic carbocycles. The number of para-hydroxylation sites is 2. The van der Waals surface area contributed by atoms with Crippen LogP contribution in [0.4, 0.5) is 23.0 Å². The molecule has 0 aliphatic rings. The predicted octanol–water partition coefficient (Wildman–Crippen LogP) is 3.99. The van der Waals surface area contributed by atoms with Crippen LogP contribution in [0.25, 0.3) is 11.0 Å². The van der Waals surface area contributed by atoms with Gasteiger partial charge < -0.3 is 20.0 Å². The van der Waals surface area contributed by atoms with Crippen LogP contribution in [0, 0.1) is 0 Å². The first-order valence-electron chi connectivity index (χ1n) is 9.90. The van der Waals surface area contributed by atoms with Crippen molar-refractivity contribution in [3.05, 3.63) is 71.2 Å². The summed E-state index contributed by atoms with van der Waals surface area (Å²) in [5.74, 6) is 0.783. The molecular weight excluding hydrogens is 451 g/mol. The molecule has 8 nitrogen and oxygen atoms in total. The first-order chi connectivity index (χ1) is 15.6. The van der Waals surface area contributed by atoms with E-state index in [0.717, 1.165) is 11.4 Å². The zero-order valence-corrected chi connectivity index (χ0v) is 18.4. The zero-order chi connectivity index (χ0) is 22.5. The summed E-state index contributed by atoms with van der Waals surface area (Å²) in [5, 5.41) is 19.4. The standard InChI is InChI=1S/C22H20Cl2N6O2/c23-21-26-18-17(19(27-21)29(11-13-31)15-7-3-1-4-8-15)25-22(24)28-20(18)30(12-14-32)16-9-5-2-6-10-16/h1-10,31-32H,11-14H2. The van der Waals surface area contributed by atoms with Crippen molar-refractivity contribution in [1.82, 2.24) is 19.9 Å². The van der Waals surface area contributed by atoms with E-state index < -0.39 is 0 Å². The fourth-order valence-electron chi connectivity index (χ4n) is 3.44. The largest absolute Gasteiger partial charge is 0.395 e. The molecule has 2 N–H and O–H groups in total. The maximum absolute atomic E-state index is 9.70. The second-order valence-corrected chi connectivity index (χ2v) is 7.43. The number of hydrogen-bond acceptors (Lipinski definition) is 8. The van der Waals surface area contributed by atoms with Gasteiger partial charge in [0.25, 0.3) is 0 Å². The van der Waals surface area contributed by atoms with Crippen molar-refractivity contribution in [2.75, 3.05) is 36.1 Å². The van der Waals surface area contributed by atoms with Gasteiger partial charge in [-0.05, 0) is 47.5 Å². The van der Waals surface area contributed by atoms with Crippen LogP contribution in [0.15, 0.2) is 60.7 Å². The van der Waals surface area contributed by atoms with Gasteiger partial charge in [0.05, 0.1) is 13.2 Å². The SMILES string of the molecule is OCCN(c1ccccc1)c1nc(Cl)nc2c(N(CCO)c3ccccc3)nc(Cl)nc12. The Morgan fingerprint density at radius 1 is 0.594 bits per heavy atom. The summed E-state index contributed by atoms with van der Waals surface area (Å²) >= 11 is 12.7. The van der Waals surface area contributed by atoms with Gasteiger partial charge in [-0.25, -0.2) is 9.97 Å². The molecule has 0 amide bonds. The summed E-state index contributed by atoms with van der Waals surface area (Å²) in [5.41, 5.74) is 2.34. The molecule has 0 radical (unpaired) electrons. The van der Waals surface area contributed by atoms with E-state index in [4.69, 9.17) is 23.2 Å². The Balaban J connectivity index is 1.97. The third-order valence-electron chi connectivity index (χ3n) is 4.75. The molecular formula is C22H20Cl2N6O2. The fourth-order valence-corrected chi connectivity index (χ4v) is 3.77. The van der Waals surface area contributed by atoms with E-state index >= 15 is 0 Å². The van der Waals surface area contributed by atoms with E-state index in [1.807, 2.05) is 60.7 Å². The minimum Gasteiger partial charge on any atom is -0.395 e. The van der Waals surface area contributed by atoms with Crippen molar-refractivity contribution in [3.63, 3.8) is 0 Å². The van der Waals surface area contributed by atoms with Crippen LogP contribution in [0.1, 0.15) is 0 Å². The molecule has 164 valence electrons. The van der Waals surface area contributed by atoms with E-state index in [1.165, 1.54) is 0 Å². The lowest BCUT2D eigenvalue weighted by Crippen LogP contribution is -2.25. The van der Waals surface area contributed by atoms with Crippen LogP contribution in [-0.2, 0) is 0 Å².